The molecule has 0 aliphatic carbocycles. The number of aromatic hydroxyl groups is 1. The van der Waals surface area contributed by atoms with Crippen molar-refractivity contribution in [3.8, 4) is 11.5 Å². The molecule has 2 atom stereocenters. The van der Waals surface area contributed by atoms with E-state index in [4.69, 9.17) is 4.74 Å². The van der Waals surface area contributed by atoms with Gasteiger partial charge in [0.25, 0.3) is 5.91 Å². The Morgan fingerprint density at radius 1 is 1.48 bits per heavy atom. The van der Waals surface area contributed by atoms with Crippen LogP contribution in [0.15, 0.2) is 17.7 Å². The summed E-state index contributed by atoms with van der Waals surface area (Å²) < 4.78 is 6.21. The number of phenols is 1. The minimum absolute atomic E-state index is 0.0191. The van der Waals surface area contributed by atoms with E-state index >= 15 is 0 Å². The van der Waals surface area contributed by atoms with Gasteiger partial charge in [-0.3, -0.25) is 4.79 Å². The van der Waals surface area contributed by atoms with Gasteiger partial charge in [0.2, 0.25) is 0 Å². The first-order valence-electron chi connectivity index (χ1n) is 9.04. The van der Waals surface area contributed by atoms with Crippen LogP contribution < -0.4 is 10.1 Å². The SMILES string of the molecule is CCC/C(C)=C/CC[C@]1(C)Oc2c(c(O)cc3c2CNC3=O)C[C@@H]1O. The minimum Gasteiger partial charge on any atom is -0.508 e. The van der Waals surface area contributed by atoms with Crippen LogP contribution in [0.2, 0.25) is 0 Å². The normalized spacial score (nSPS) is 25.2. The second-order valence-electron chi connectivity index (χ2n) is 7.39. The maximum Gasteiger partial charge on any atom is 0.252 e. The van der Waals surface area contributed by atoms with Crippen LogP contribution >= 0.6 is 0 Å². The largest absolute Gasteiger partial charge is 0.508 e. The summed E-state index contributed by atoms with van der Waals surface area (Å²) in [6.45, 7) is 6.59. The fourth-order valence-corrected chi connectivity index (χ4v) is 3.72. The van der Waals surface area contributed by atoms with Gasteiger partial charge in [0.1, 0.15) is 17.1 Å². The number of carbonyl (C=O) groups excluding carboxylic acids is 1. The fourth-order valence-electron chi connectivity index (χ4n) is 3.72. The average Bonchev–Trinajstić information content (AvgIpc) is 2.91. The molecule has 1 aromatic carbocycles. The highest BCUT2D eigenvalue weighted by Gasteiger charge is 2.42. The zero-order valence-electron chi connectivity index (χ0n) is 15.2. The van der Waals surface area contributed by atoms with E-state index in [1.165, 1.54) is 11.6 Å². The number of carbonyl (C=O) groups is 1. The third-order valence-electron chi connectivity index (χ3n) is 5.35. The second kappa shape index (κ2) is 6.71. The van der Waals surface area contributed by atoms with Gasteiger partial charge in [-0.15, -0.1) is 0 Å². The maximum atomic E-state index is 11.9. The molecule has 0 fully saturated rings. The van der Waals surface area contributed by atoms with Crippen LogP contribution in [0.4, 0.5) is 0 Å². The first-order chi connectivity index (χ1) is 11.9. The number of aliphatic hydroxyl groups is 1. The number of amides is 1. The predicted molar refractivity (Wildman–Crippen MR) is 95.9 cm³/mol. The van der Waals surface area contributed by atoms with Gasteiger partial charge >= 0.3 is 0 Å². The van der Waals surface area contributed by atoms with Crippen molar-refractivity contribution in [3.05, 3.63) is 34.4 Å². The van der Waals surface area contributed by atoms with E-state index in [2.05, 4.69) is 25.2 Å². The monoisotopic (exact) mass is 345 g/mol. The van der Waals surface area contributed by atoms with E-state index in [0.717, 1.165) is 24.8 Å². The summed E-state index contributed by atoms with van der Waals surface area (Å²) in [6.07, 6.45) is 5.55. The van der Waals surface area contributed by atoms with Crippen molar-refractivity contribution in [1.82, 2.24) is 5.32 Å². The van der Waals surface area contributed by atoms with Crippen LogP contribution in [0.5, 0.6) is 11.5 Å². The Hall–Kier alpha value is -2.01. The molecule has 2 aliphatic heterocycles. The Morgan fingerprint density at radius 3 is 2.96 bits per heavy atom. The first kappa shape index (κ1) is 17.8. The lowest BCUT2D eigenvalue weighted by Gasteiger charge is -2.40. The third kappa shape index (κ3) is 3.25. The van der Waals surface area contributed by atoms with Gasteiger partial charge < -0.3 is 20.3 Å². The number of hydrogen-bond donors (Lipinski definition) is 3. The Kier molecular flexibility index (Phi) is 4.78. The van der Waals surface area contributed by atoms with Crippen molar-refractivity contribution in [2.45, 2.75) is 71.1 Å². The zero-order chi connectivity index (χ0) is 18.2. The van der Waals surface area contributed by atoms with Gasteiger partial charge in [0.15, 0.2) is 0 Å². The van der Waals surface area contributed by atoms with Crippen LogP contribution in [0.25, 0.3) is 0 Å². The van der Waals surface area contributed by atoms with Gasteiger partial charge in [-0.05, 0) is 39.2 Å². The highest BCUT2D eigenvalue weighted by Crippen LogP contribution is 2.44. The molecule has 3 rings (SSSR count). The number of rotatable bonds is 5. The molecule has 0 saturated carbocycles. The summed E-state index contributed by atoms with van der Waals surface area (Å²) in [4.78, 5) is 11.9. The fraction of sp³-hybridized carbons (Fsp3) is 0.550. The molecule has 5 nitrogen and oxygen atoms in total. The lowest BCUT2D eigenvalue weighted by Crippen LogP contribution is -2.49. The number of hydrogen-bond acceptors (Lipinski definition) is 4. The number of fused-ring (bicyclic) bond motifs is 3. The van der Waals surface area contributed by atoms with Crippen LogP contribution in [0.1, 0.15) is 67.9 Å². The van der Waals surface area contributed by atoms with Crippen LogP contribution in [-0.4, -0.2) is 27.8 Å². The van der Waals surface area contributed by atoms with Crippen molar-refractivity contribution in [1.29, 1.82) is 0 Å². The molecule has 0 saturated heterocycles. The van der Waals surface area contributed by atoms with E-state index in [-0.39, 0.29) is 11.7 Å². The van der Waals surface area contributed by atoms with Crippen LogP contribution in [0, 0.1) is 0 Å². The molecule has 1 aromatic rings. The van der Waals surface area contributed by atoms with Gasteiger partial charge in [0.05, 0.1) is 11.7 Å². The average molecular weight is 345 g/mol. The lowest BCUT2D eigenvalue weighted by molar-refractivity contribution is -0.0598. The van der Waals surface area contributed by atoms with Crippen LogP contribution in [0.3, 0.4) is 0 Å². The summed E-state index contributed by atoms with van der Waals surface area (Å²) in [6, 6.07) is 1.48. The van der Waals surface area contributed by atoms with E-state index in [1.54, 1.807) is 0 Å². The Labute approximate surface area is 148 Å². The minimum atomic E-state index is -0.733. The molecular formula is C20H27NO4. The smallest absolute Gasteiger partial charge is 0.252 e. The topological polar surface area (TPSA) is 78.8 Å². The molecule has 0 bridgehead atoms. The van der Waals surface area contributed by atoms with E-state index in [9.17, 15) is 15.0 Å². The third-order valence-corrected chi connectivity index (χ3v) is 5.35. The molecule has 2 heterocycles. The summed E-state index contributed by atoms with van der Waals surface area (Å²) in [5, 5.41) is 23.7. The summed E-state index contributed by atoms with van der Waals surface area (Å²) >= 11 is 0. The summed E-state index contributed by atoms with van der Waals surface area (Å²) in [5.41, 5.74) is 2.47. The van der Waals surface area contributed by atoms with Crippen molar-refractivity contribution in [2.24, 2.45) is 0 Å². The van der Waals surface area contributed by atoms with Gasteiger partial charge in [-0.25, -0.2) is 0 Å². The van der Waals surface area contributed by atoms with Gasteiger partial charge in [-0.1, -0.05) is 25.0 Å². The molecule has 2 aliphatic rings. The Balaban J connectivity index is 1.86. The van der Waals surface area contributed by atoms with Crippen molar-refractivity contribution in [3.63, 3.8) is 0 Å². The number of phenolic OH excluding ortho intramolecular Hbond substituents is 1. The highest BCUT2D eigenvalue weighted by molar-refractivity contribution is 6.00. The number of nitrogens with one attached hydrogen (secondary N) is 1. The molecule has 5 heteroatoms. The number of benzene rings is 1. The van der Waals surface area contributed by atoms with Gasteiger partial charge in [0, 0.05) is 24.1 Å². The van der Waals surface area contributed by atoms with Crippen LogP contribution in [-0.2, 0) is 13.0 Å². The van der Waals surface area contributed by atoms with Crippen molar-refractivity contribution >= 4 is 5.91 Å². The Morgan fingerprint density at radius 2 is 2.24 bits per heavy atom. The molecular weight excluding hydrogens is 318 g/mol. The molecule has 3 N–H and O–H groups in total. The summed E-state index contributed by atoms with van der Waals surface area (Å²) in [7, 11) is 0. The van der Waals surface area contributed by atoms with E-state index < -0.39 is 11.7 Å². The first-order valence-corrected chi connectivity index (χ1v) is 9.04. The van der Waals surface area contributed by atoms with Gasteiger partial charge in [-0.2, -0.15) is 0 Å². The Bertz CT molecular complexity index is 725. The van der Waals surface area contributed by atoms with E-state index in [0.29, 0.717) is 36.3 Å². The molecule has 0 aromatic heterocycles. The predicted octanol–water partition coefficient (Wildman–Crippen LogP) is 3.22. The van der Waals surface area contributed by atoms with Crippen molar-refractivity contribution in [2.75, 3.05) is 0 Å². The molecule has 136 valence electrons. The quantitative estimate of drug-likeness (QED) is 0.716. The molecule has 0 spiro atoms. The number of aliphatic hydroxyl groups excluding tert-OH is 1. The lowest BCUT2D eigenvalue weighted by atomic mass is 9.84. The zero-order valence-corrected chi connectivity index (χ0v) is 15.2. The molecule has 0 radical (unpaired) electrons. The summed E-state index contributed by atoms with van der Waals surface area (Å²) in [5.74, 6) is 0.392. The number of ether oxygens (including phenoxy) is 1. The van der Waals surface area contributed by atoms with E-state index in [1.807, 2.05) is 6.92 Å². The number of allylic oxidation sites excluding steroid dienone is 2. The molecule has 0 unspecified atom stereocenters. The highest BCUT2D eigenvalue weighted by atomic mass is 16.5. The standard InChI is InChI=1S/C20H27NO4/c1-4-6-12(2)7-5-8-20(3)17(23)10-14-16(22)9-13-15(18(14)25-20)11-21-19(13)24/h7,9,17,22-23H,4-6,8,10-11H2,1-3H3,(H,21,24)/b12-7+/t17-,20-/m0/s1. The molecule has 1 amide bonds. The molecule has 25 heavy (non-hydrogen) atoms. The van der Waals surface area contributed by atoms with Crippen molar-refractivity contribution < 1.29 is 19.7 Å². The second-order valence-corrected chi connectivity index (χ2v) is 7.39. The maximum absolute atomic E-state index is 11.9.